The zero-order valence-electron chi connectivity index (χ0n) is 12.2. The summed E-state index contributed by atoms with van der Waals surface area (Å²) in [5.74, 6) is 0.543. The smallest absolute Gasteiger partial charge is 0.0920 e. The lowest BCUT2D eigenvalue weighted by atomic mass is 9.88. The van der Waals surface area contributed by atoms with Crippen molar-refractivity contribution in [2.45, 2.75) is 59.2 Å². The van der Waals surface area contributed by atoms with Gasteiger partial charge in [-0.3, -0.25) is 4.90 Å². The third kappa shape index (κ3) is 2.45. The molecule has 0 fully saturated rings. The van der Waals surface area contributed by atoms with Gasteiger partial charge >= 0.3 is 0 Å². The Morgan fingerprint density at radius 1 is 1.22 bits per heavy atom. The first-order valence-corrected chi connectivity index (χ1v) is 6.95. The van der Waals surface area contributed by atoms with E-state index in [9.17, 15) is 5.11 Å². The van der Waals surface area contributed by atoms with Crippen molar-refractivity contribution in [3.8, 4) is 0 Å². The molecule has 0 spiro atoms. The molecule has 1 N–H and O–H groups in total. The maximum Gasteiger partial charge on any atom is 0.0920 e. The molecule has 0 aliphatic carbocycles. The molecule has 1 aromatic rings. The summed E-state index contributed by atoms with van der Waals surface area (Å²) in [6.45, 7) is 12.7. The number of benzene rings is 1. The van der Waals surface area contributed by atoms with Crippen molar-refractivity contribution in [2.75, 3.05) is 6.54 Å². The Kier molecular flexibility index (Phi) is 3.79. The highest BCUT2D eigenvalue weighted by molar-refractivity contribution is 5.41. The number of hydrogen-bond donors (Lipinski definition) is 1. The van der Waals surface area contributed by atoms with Gasteiger partial charge in [0.1, 0.15) is 0 Å². The molecule has 0 saturated heterocycles. The average Bonchev–Trinajstić information content (AvgIpc) is 2.28. The van der Waals surface area contributed by atoms with Gasteiger partial charge in [0.05, 0.1) is 6.10 Å². The van der Waals surface area contributed by atoms with Crippen molar-refractivity contribution in [3.05, 3.63) is 34.4 Å². The average molecular weight is 247 g/mol. The van der Waals surface area contributed by atoms with Crippen LogP contribution in [0.4, 0.5) is 0 Å². The minimum atomic E-state index is -0.337. The highest BCUT2D eigenvalue weighted by atomic mass is 16.3. The van der Waals surface area contributed by atoms with Crippen molar-refractivity contribution in [1.29, 1.82) is 0 Å². The van der Waals surface area contributed by atoms with Crippen molar-refractivity contribution in [1.82, 2.24) is 4.90 Å². The van der Waals surface area contributed by atoms with Crippen LogP contribution < -0.4 is 0 Å². The molecule has 2 heteroatoms. The molecular formula is C16H25NO. The first kappa shape index (κ1) is 13.6. The summed E-state index contributed by atoms with van der Waals surface area (Å²) in [6.07, 6.45) is -0.337. The molecule has 1 aromatic carbocycles. The third-order valence-electron chi connectivity index (χ3n) is 4.02. The molecule has 0 amide bonds. The fraction of sp³-hybridized carbons (Fsp3) is 0.625. The molecule has 18 heavy (non-hydrogen) atoms. The van der Waals surface area contributed by atoms with E-state index in [-0.39, 0.29) is 6.10 Å². The summed E-state index contributed by atoms with van der Waals surface area (Å²) in [4.78, 5) is 2.34. The number of aliphatic hydroxyl groups excluding tert-OH is 1. The van der Waals surface area contributed by atoms with Gasteiger partial charge in [0, 0.05) is 19.1 Å². The molecule has 0 bridgehead atoms. The van der Waals surface area contributed by atoms with Crippen LogP contribution >= 0.6 is 0 Å². The van der Waals surface area contributed by atoms with Crippen LogP contribution in [0.15, 0.2) is 12.1 Å². The van der Waals surface area contributed by atoms with E-state index in [1.807, 2.05) is 0 Å². The van der Waals surface area contributed by atoms with E-state index in [0.29, 0.717) is 12.0 Å². The molecule has 2 rings (SSSR count). The molecule has 0 radical (unpaired) electrons. The maximum absolute atomic E-state index is 10.3. The largest absolute Gasteiger partial charge is 0.387 e. The molecule has 1 aliphatic heterocycles. The number of fused-ring (bicyclic) bond motifs is 1. The zero-order valence-corrected chi connectivity index (χ0v) is 12.2. The Hall–Kier alpha value is -0.860. The Labute approximate surface area is 111 Å². The SMILES string of the molecule is Cc1cc2c(cc1C(C)C)CN(C(C)C)CC2O. The van der Waals surface area contributed by atoms with E-state index in [1.165, 1.54) is 16.7 Å². The highest BCUT2D eigenvalue weighted by Crippen LogP contribution is 2.32. The third-order valence-corrected chi connectivity index (χ3v) is 4.02. The van der Waals surface area contributed by atoms with Gasteiger partial charge in [-0.25, -0.2) is 0 Å². The number of nitrogens with zero attached hydrogens (tertiary/aromatic N) is 1. The number of aryl methyl sites for hydroxylation is 1. The number of aliphatic hydroxyl groups is 1. The van der Waals surface area contributed by atoms with Gasteiger partial charge in [-0.1, -0.05) is 26.0 Å². The van der Waals surface area contributed by atoms with E-state index in [1.54, 1.807) is 0 Å². The normalized spacial score (nSPS) is 20.6. The lowest BCUT2D eigenvalue weighted by Gasteiger charge is -2.35. The van der Waals surface area contributed by atoms with Gasteiger partial charge < -0.3 is 5.11 Å². The maximum atomic E-state index is 10.3. The molecule has 1 aliphatic rings. The molecule has 0 saturated carbocycles. The summed E-state index contributed by atoms with van der Waals surface area (Å²) in [5, 5.41) is 10.3. The summed E-state index contributed by atoms with van der Waals surface area (Å²) in [5.41, 5.74) is 5.15. The topological polar surface area (TPSA) is 23.5 Å². The molecular weight excluding hydrogens is 222 g/mol. The Morgan fingerprint density at radius 2 is 1.89 bits per heavy atom. The minimum absolute atomic E-state index is 0.337. The van der Waals surface area contributed by atoms with Crippen molar-refractivity contribution in [3.63, 3.8) is 0 Å². The summed E-state index contributed by atoms with van der Waals surface area (Å²) in [7, 11) is 0. The molecule has 1 heterocycles. The van der Waals surface area contributed by atoms with E-state index < -0.39 is 0 Å². The van der Waals surface area contributed by atoms with Crippen LogP contribution in [0.5, 0.6) is 0 Å². The van der Waals surface area contributed by atoms with Crippen LogP contribution in [0.1, 0.15) is 62.0 Å². The lowest BCUT2D eigenvalue weighted by molar-refractivity contribution is 0.0743. The first-order valence-electron chi connectivity index (χ1n) is 6.95. The van der Waals surface area contributed by atoms with E-state index in [2.05, 4.69) is 51.7 Å². The van der Waals surface area contributed by atoms with Crippen molar-refractivity contribution in [2.24, 2.45) is 0 Å². The minimum Gasteiger partial charge on any atom is -0.387 e. The predicted octanol–water partition coefficient (Wildman–Crippen LogP) is 3.38. The van der Waals surface area contributed by atoms with Crippen LogP contribution in [0, 0.1) is 6.92 Å². The lowest BCUT2D eigenvalue weighted by Crippen LogP contribution is -2.38. The Morgan fingerprint density at radius 3 is 2.44 bits per heavy atom. The second kappa shape index (κ2) is 5.02. The van der Waals surface area contributed by atoms with Crippen molar-refractivity contribution < 1.29 is 5.11 Å². The molecule has 1 unspecified atom stereocenters. The quantitative estimate of drug-likeness (QED) is 0.866. The van der Waals surface area contributed by atoms with E-state index >= 15 is 0 Å². The predicted molar refractivity (Wildman–Crippen MR) is 75.8 cm³/mol. The van der Waals surface area contributed by atoms with Crippen LogP contribution in [-0.2, 0) is 6.54 Å². The van der Waals surface area contributed by atoms with Crippen LogP contribution in [0.2, 0.25) is 0 Å². The highest BCUT2D eigenvalue weighted by Gasteiger charge is 2.26. The summed E-state index contributed by atoms with van der Waals surface area (Å²) >= 11 is 0. The Balaban J connectivity index is 2.42. The number of β-amino-alcohol motifs (C(OH)–C–C–N with tert-alkyl or cyclic N) is 1. The molecule has 1 atom stereocenters. The number of rotatable bonds is 2. The van der Waals surface area contributed by atoms with Gasteiger partial charge in [-0.05, 0) is 48.9 Å². The second-order valence-electron chi connectivity index (χ2n) is 6.10. The van der Waals surface area contributed by atoms with Gasteiger partial charge in [0.2, 0.25) is 0 Å². The van der Waals surface area contributed by atoms with Crippen molar-refractivity contribution >= 4 is 0 Å². The molecule has 0 aromatic heterocycles. The van der Waals surface area contributed by atoms with Crippen LogP contribution in [-0.4, -0.2) is 22.6 Å². The fourth-order valence-corrected chi connectivity index (χ4v) is 2.86. The summed E-state index contributed by atoms with van der Waals surface area (Å²) < 4.78 is 0. The zero-order chi connectivity index (χ0) is 13.4. The fourth-order valence-electron chi connectivity index (χ4n) is 2.86. The standard InChI is InChI=1S/C16H25NO/c1-10(2)14-7-13-8-17(11(3)4)9-16(18)15(13)6-12(14)5/h6-7,10-11,16,18H,8-9H2,1-5H3. The second-order valence-corrected chi connectivity index (χ2v) is 6.10. The van der Waals surface area contributed by atoms with Gasteiger partial charge in [-0.15, -0.1) is 0 Å². The number of hydrogen-bond acceptors (Lipinski definition) is 2. The van der Waals surface area contributed by atoms with Gasteiger partial charge in [0.25, 0.3) is 0 Å². The Bertz CT molecular complexity index is 437. The van der Waals surface area contributed by atoms with Crippen LogP contribution in [0.3, 0.4) is 0 Å². The monoisotopic (exact) mass is 247 g/mol. The van der Waals surface area contributed by atoms with E-state index in [4.69, 9.17) is 0 Å². The van der Waals surface area contributed by atoms with E-state index in [0.717, 1.165) is 18.7 Å². The molecule has 100 valence electrons. The first-order chi connectivity index (χ1) is 8.40. The van der Waals surface area contributed by atoms with Crippen LogP contribution in [0.25, 0.3) is 0 Å². The molecule has 2 nitrogen and oxygen atoms in total. The van der Waals surface area contributed by atoms with Gasteiger partial charge in [-0.2, -0.15) is 0 Å². The van der Waals surface area contributed by atoms with Gasteiger partial charge in [0.15, 0.2) is 0 Å². The summed E-state index contributed by atoms with van der Waals surface area (Å²) in [6, 6.07) is 4.97.